The number of carboxylic acid groups (broad SMARTS) is 1. The maximum atomic E-state index is 11.1. The molecule has 3 heteroatoms. The van der Waals surface area contributed by atoms with Gasteiger partial charge in [0.2, 0.25) is 0 Å². The summed E-state index contributed by atoms with van der Waals surface area (Å²) in [6.45, 7) is 6.91. The number of likely N-dealkylation sites (tertiary alicyclic amines) is 1. The third-order valence-electron chi connectivity index (χ3n) is 4.12. The van der Waals surface area contributed by atoms with Gasteiger partial charge in [-0.15, -0.1) is 0 Å². The Kier molecular flexibility index (Phi) is 4.59. The molecule has 104 valence electrons. The van der Waals surface area contributed by atoms with Crippen LogP contribution >= 0.6 is 0 Å². The van der Waals surface area contributed by atoms with E-state index in [1.165, 1.54) is 16.7 Å². The van der Waals surface area contributed by atoms with E-state index < -0.39 is 5.97 Å². The normalized spacial score (nSPS) is 20.4. The molecule has 0 saturated carbocycles. The highest BCUT2D eigenvalue weighted by atomic mass is 16.4. The number of rotatable bonds is 4. The summed E-state index contributed by atoms with van der Waals surface area (Å²) in [7, 11) is 0. The number of hydrogen-bond acceptors (Lipinski definition) is 2. The minimum atomic E-state index is -0.648. The van der Waals surface area contributed by atoms with E-state index in [-0.39, 0.29) is 5.92 Å². The molecule has 1 atom stereocenters. The van der Waals surface area contributed by atoms with E-state index in [1.807, 2.05) is 0 Å². The summed E-state index contributed by atoms with van der Waals surface area (Å²) in [5, 5.41) is 9.15. The minimum Gasteiger partial charge on any atom is -0.481 e. The molecule has 1 N–H and O–H groups in total. The number of piperidine rings is 1. The van der Waals surface area contributed by atoms with Gasteiger partial charge in [0.15, 0.2) is 0 Å². The molecule has 0 spiro atoms. The van der Waals surface area contributed by atoms with Gasteiger partial charge in [0.05, 0.1) is 5.92 Å². The zero-order valence-corrected chi connectivity index (χ0v) is 11.9. The van der Waals surface area contributed by atoms with Crippen LogP contribution in [0.3, 0.4) is 0 Å². The highest BCUT2D eigenvalue weighted by Gasteiger charge is 2.25. The molecule has 0 aromatic heterocycles. The van der Waals surface area contributed by atoms with Crippen molar-refractivity contribution in [3.8, 4) is 0 Å². The van der Waals surface area contributed by atoms with Crippen molar-refractivity contribution in [2.75, 3.05) is 13.1 Å². The van der Waals surface area contributed by atoms with Gasteiger partial charge in [0.25, 0.3) is 0 Å². The minimum absolute atomic E-state index is 0.192. The molecule has 1 aromatic carbocycles. The molecule has 1 heterocycles. The second-order valence-corrected chi connectivity index (χ2v) is 5.48. The molecule has 2 rings (SSSR count). The fraction of sp³-hybridized carbons (Fsp3) is 0.562. The van der Waals surface area contributed by atoms with Gasteiger partial charge in [0, 0.05) is 13.1 Å². The van der Waals surface area contributed by atoms with Crippen molar-refractivity contribution in [1.82, 2.24) is 4.90 Å². The predicted octanol–water partition coefficient (Wildman–Crippen LogP) is 2.85. The predicted molar refractivity (Wildman–Crippen MR) is 76.2 cm³/mol. The van der Waals surface area contributed by atoms with Crippen LogP contribution in [0.1, 0.15) is 36.5 Å². The lowest BCUT2D eigenvalue weighted by Crippen LogP contribution is -2.38. The first-order valence-corrected chi connectivity index (χ1v) is 7.14. The van der Waals surface area contributed by atoms with Crippen LogP contribution in [0.4, 0.5) is 0 Å². The lowest BCUT2D eigenvalue weighted by molar-refractivity contribution is -0.143. The van der Waals surface area contributed by atoms with Gasteiger partial charge >= 0.3 is 5.97 Å². The van der Waals surface area contributed by atoms with E-state index in [9.17, 15) is 4.79 Å². The first kappa shape index (κ1) is 14.1. The largest absolute Gasteiger partial charge is 0.481 e. The standard InChI is InChI=1S/C16H23NO2/c1-3-13-7-4-6-12(2)15(13)11-17-9-5-8-14(10-17)16(18)19/h4,6-7,14H,3,5,8-11H2,1-2H3,(H,18,19). The van der Waals surface area contributed by atoms with Crippen molar-refractivity contribution in [1.29, 1.82) is 0 Å². The van der Waals surface area contributed by atoms with E-state index >= 15 is 0 Å². The number of carbonyl (C=O) groups is 1. The van der Waals surface area contributed by atoms with Crippen molar-refractivity contribution >= 4 is 5.97 Å². The number of nitrogens with zero attached hydrogens (tertiary/aromatic N) is 1. The molecule has 1 aromatic rings. The first-order chi connectivity index (χ1) is 9.11. The highest BCUT2D eigenvalue weighted by molar-refractivity contribution is 5.70. The van der Waals surface area contributed by atoms with Crippen LogP contribution < -0.4 is 0 Å². The molecule has 1 unspecified atom stereocenters. The third kappa shape index (κ3) is 3.35. The topological polar surface area (TPSA) is 40.5 Å². The molecule has 0 amide bonds. The SMILES string of the molecule is CCc1cccc(C)c1CN1CCCC(C(=O)O)C1. The van der Waals surface area contributed by atoms with Gasteiger partial charge in [-0.05, 0) is 49.4 Å². The van der Waals surface area contributed by atoms with Crippen LogP contribution in [0.25, 0.3) is 0 Å². The summed E-state index contributed by atoms with van der Waals surface area (Å²) in [5.74, 6) is -0.840. The van der Waals surface area contributed by atoms with Crippen molar-refractivity contribution in [2.45, 2.75) is 39.7 Å². The van der Waals surface area contributed by atoms with Gasteiger partial charge in [-0.3, -0.25) is 9.69 Å². The van der Waals surface area contributed by atoms with Crippen LogP contribution in [0.5, 0.6) is 0 Å². The van der Waals surface area contributed by atoms with E-state index in [0.717, 1.165) is 32.4 Å². The quantitative estimate of drug-likeness (QED) is 0.906. The van der Waals surface area contributed by atoms with Crippen molar-refractivity contribution in [3.63, 3.8) is 0 Å². The summed E-state index contributed by atoms with van der Waals surface area (Å²) in [5.41, 5.74) is 4.09. The molecule has 19 heavy (non-hydrogen) atoms. The summed E-state index contributed by atoms with van der Waals surface area (Å²) < 4.78 is 0. The molecule has 0 aliphatic carbocycles. The summed E-state index contributed by atoms with van der Waals surface area (Å²) in [4.78, 5) is 13.4. The maximum absolute atomic E-state index is 11.1. The van der Waals surface area contributed by atoms with E-state index in [2.05, 4.69) is 36.9 Å². The molecular weight excluding hydrogens is 238 g/mol. The Hall–Kier alpha value is -1.35. The smallest absolute Gasteiger partial charge is 0.307 e. The number of aliphatic carboxylic acids is 1. The Morgan fingerprint density at radius 1 is 1.47 bits per heavy atom. The highest BCUT2D eigenvalue weighted by Crippen LogP contribution is 2.22. The lowest BCUT2D eigenvalue weighted by atomic mass is 9.95. The third-order valence-corrected chi connectivity index (χ3v) is 4.12. The van der Waals surface area contributed by atoms with Crippen LogP contribution in [0, 0.1) is 12.8 Å². The molecule has 1 saturated heterocycles. The fourth-order valence-electron chi connectivity index (χ4n) is 2.94. The second kappa shape index (κ2) is 6.20. The van der Waals surface area contributed by atoms with E-state index in [0.29, 0.717) is 6.54 Å². The van der Waals surface area contributed by atoms with Crippen LogP contribution in [-0.2, 0) is 17.8 Å². The monoisotopic (exact) mass is 261 g/mol. The Bertz CT molecular complexity index is 456. The van der Waals surface area contributed by atoms with Crippen LogP contribution in [-0.4, -0.2) is 29.1 Å². The number of carboxylic acids is 1. The average molecular weight is 261 g/mol. The van der Waals surface area contributed by atoms with Gasteiger partial charge in [-0.1, -0.05) is 25.1 Å². The Morgan fingerprint density at radius 2 is 2.26 bits per heavy atom. The number of benzene rings is 1. The lowest BCUT2D eigenvalue weighted by Gasteiger charge is -2.31. The molecule has 1 aliphatic heterocycles. The molecular formula is C16H23NO2. The van der Waals surface area contributed by atoms with Gasteiger partial charge in [-0.25, -0.2) is 0 Å². The summed E-state index contributed by atoms with van der Waals surface area (Å²) in [6.07, 6.45) is 2.84. The Balaban J connectivity index is 2.10. The molecule has 1 aliphatic rings. The fourth-order valence-corrected chi connectivity index (χ4v) is 2.94. The summed E-state index contributed by atoms with van der Waals surface area (Å²) >= 11 is 0. The first-order valence-electron chi connectivity index (χ1n) is 7.14. The van der Waals surface area contributed by atoms with Crippen molar-refractivity contribution in [2.24, 2.45) is 5.92 Å². The zero-order chi connectivity index (χ0) is 13.8. The number of hydrogen-bond donors (Lipinski definition) is 1. The zero-order valence-electron chi connectivity index (χ0n) is 11.9. The molecule has 0 bridgehead atoms. The van der Waals surface area contributed by atoms with Crippen LogP contribution in [0.15, 0.2) is 18.2 Å². The van der Waals surface area contributed by atoms with Crippen LogP contribution in [0.2, 0.25) is 0 Å². The van der Waals surface area contributed by atoms with Gasteiger partial charge in [0.1, 0.15) is 0 Å². The van der Waals surface area contributed by atoms with Crippen molar-refractivity contribution in [3.05, 3.63) is 34.9 Å². The van der Waals surface area contributed by atoms with E-state index in [1.54, 1.807) is 0 Å². The molecule has 1 fully saturated rings. The van der Waals surface area contributed by atoms with Gasteiger partial charge in [-0.2, -0.15) is 0 Å². The maximum Gasteiger partial charge on any atom is 0.307 e. The Morgan fingerprint density at radius 3 is 2.95 bits per heavy atom. The average Bonchev–Trinajstić information content (AvgIpc) is 2.41. The molecule has 3 nitrogen and oxygen atoms in total. The van der Waals surface area contributed by atoms with Gasteiger partial charge < -0.3 is 5.11 Å². The molecule has 0 radical (unpaired) electrons. The van der Waals surface area contributed by atoms with Crippen molar-refractivity contribution < 1.29 is 9.90 Å². The Labute approximate surface area is 115 Å². The summed E-state index contributed by atoms with van der Waals surface area (Å²) in [6, 6.07) is 6.43. The number of aryl methyl sites for hydroxylation is 2. The second-order valence-electron chi connectivity index (χ2n) is 5.48. The van der Waals surface area contributed by atoms with E-state index in [4.69, 9.17) is 5.11 Å².